The Morgan fingerprint density at radius 3 is 1.73 bits per heavy atom. The van der Waals surface area contributed by atoms with Crippen LogP contribution in [0.5, 0.6) is 0 Å². The first-order valence-corrected chi connectivity index (χ1v) is 7.48. The van der Waals surface area contributed by atoms with Crippen molar-refractivity contribution in [3.63, 3.8) is 0 Å². The van der Waals surface area contributed by atoms with Crippen molar-refractivity contribution >= 4 is 0 Å². The molecule has 116 valence electrons. The maximum absolute atomic E-state index is 10.1. The summed E-state index contributed by atoms with van der Waals surface area (Å²) in [5.41, 5.74) is 2.32. The first kappa shape index (κ1) is 16.4. The second-order valence-corrected chi connectivity index (χ2v) is 5.35. The highest BCUT2D eigenvalue weighted by molar-refractivity contribution is 5.18. The Labute approximate surface area is 132 Å². The van der Waals surface area contributed by atoms with E-state index in [9.17, 15) is 10.2 Å². The average Bonchev–Trinajstić information content (AvgIpc) is 2.57. The smallest absolute Gasteiger partial charge is 0.0961 e. The lowest BCUT2D eigenvalue weighted by Gasteiger charge is -2.32. The normalized spacial score (nSPS) is 13.8. The van der Waals surface area contributed by atoms with Crippen molar-refractivity contribution in [2.24, 2.45) is 0 Å². The van der Waals surface area contributed by atoms with Crippen LogP contribution in [0, 0.1) is 0 Å². The molecular weight excluding hydrogens is 274 g/mol. The van der Waals surface area contributed by atoms with Crippen molar-refractivity contribution in [1.82, 2.24) is 4.90 Å². The topological polar surface area (TPSA) is 43.7 Å². The van der Waals surface area contributed by atoms with Gasteiger partial charge in [-0.2, -0.15) is 0 Å². The Bertz CT molecular complexity index is 515. The average molecular weight is 297 g/mol. The van der Waals surface area contributed by atoms with E-state index < -0.39 is 6.10 Å². The molecule has 0 aliphatic rings. The second-order valence-electron chi connectivity index (χ2n) is 5.35. The molecule has 0 aromatic heterocycles. The van der Waals surface area contributed by atoms with Crippen molar-refractivity contribution in [3.8, 4) is 0 Å². The van der Waals surface area contributed by atoms with Gasteiger partial charge in [0.25, 0.3) is 0 Å². The third kappa shape index (κ3) is 4.53. The lowest BCUT2D eigenvalue weighted by atomic mass is 10.1. The van der Waals surface area contributed by atoms with Gasteiger partial charge in [-0.3, -0.25) is 4.90 Å². The minimum atomic E-state index is -0.843. The Hall–Kier alpha value is -1.94. The number of aliphatic hydroxyl groups is 2. The molecule has 0 saturated heterocycles. The molecule has 2 aromatic carbocycles. The minimum Gasteiger partial charge on any atom is -0.394 e. The van der Waals surface area contributed by atoms with Crippen LogP contribution in [-0.2, 0) is 13.1 Å². The molecule has 2 N–H and O–H groups in total. The fourth-order valence-electron chi connectivity index (χ4n) is 2.56. The molecule has 0 amide bonds. The first-order valence-electron chi connectivity index (χ1n) is 7.48. The van der Waals surface area contributed by atoms with Gasteiger partial charge in [0.1, 0.15) is 0 Å². The number of hydrogen-bond donors (Lipinski definition) is 2. The van der Waals surface area contributed by atoms with Gasteiger partial charge in [0.15, 0.2) is 0 Å². The molecular formula is C19H23NO2. The molecule has 3 nitrogen and oxygen atoms in total. The fraction of sp³-hybridized carbons (Fsp3) is 0.263. The largest absolute Gasteiger partial charge is 0.394 e. The molecule has 0 spiro atoms. The van der Waals surface area contributed by atoms with E-state index in [0.29, 0.717) is 13.1 Å². The summed E-state index contributed by atoms with van der Waals surface area (Å²) < 4.78 is 0. The zero-order valence-electron chi connectivity index (χ0n) is 12.7. The highest BCUT2D eigenvalue weighted by Crippen LogP contribution is 2.16. The van der Waals surface area contributed by atoms with Crippen molar-refractivity contribution in [2.45, 2.75) is 25.2 Å². The number of hydrogen-bond acceptors (Lipinski definition) is 3. The van der Waals surface area contributed by atoms with Gasteiger partial charge < -0.3 is 10.2 Å². The first-order chi connectivity index (χ1) is 10.7. The summed E-state index contributed by atoms with van der Waals surface area (Å²) in [6, 6.07) is 19.9. The fourth-order valence-corrected chi connectivity index (χ4v) is 2.56. The Morgan fingerprint density at radius 2 is 1.36 bits per heavy atom. The van der Waals surface area contributed by atoms with Crippen molar-refractivity contribution in [1.29, 1.82) is 0 Å². The zero-order valence-corrected chi connectivity index (χ0v) is 12.7. The minimum absolute atomic E-state index is 0.281. The Kier molecular flexibility index (Phi) is 6.34. The molecule has 22 heavy (non-hydrogen) atoms. The van der Waals surface area contributed by atoms with Gasteiger partial charge in [0, 0.05) is 13.1 Å². The maximum Gasteiger partial charge on any atom is 0.0961 e. The van der Waals surface area contributed by atoms with Crippen LogP contribution in [0.2, 0.25) is 0 Å². The van der Waals surface area contributed by atoms with Gasteiger partial charge in [-0.1, -0.05) is 66.7 Å². The van der Waals surface area contributed by atoms with Crippen molar-refractivity contribution < 1.29 is 10.2 Å². The second kappa shape index (κ2) is 8.49. The monoisotopic (exact) mass is 297 g/mol. The SMILES string of the molecule is C=C[C@@H]([C@H](O)CO)N(Cc1ccccc1)Cc1ccccc1. The maximum atomic E-state index is 10.1. The number of rotatable bonds is 8. The summed E-state index contributed by atoms with van der Waals surface area (Å²) in [5.74, 6) is 0. The third-order valence-electron chi connectivity index (χ3n) is 3.70. The highest BCUT2D eigenvalue weighted by atomic mass is 16.3. The molecule has 0 bridgehead atoms. The molecule has 2 aromatic rings. The molecule has 0 fully saturated rings. The van der Waals surface area contributed by atoms with E-state index in [1.54, 1.807) is 6.08 Å². The van der Waals surface area contributed by atoms with E-state index in [2.05, 4.69) is 35.7 Å². The van der Waals surface area contributed by atoms with Gasteiger partial charge >= 0.3 is 0 Å². The summed E-state index contributed by atoms with van der Waals surface area (Å²) in [7, 11) is 0. The molecule has 0 aliphatic heterocycles. The third-order valence-corrected chi connectivity index (χ3v) is 3.70. The summed E-state index contributed by atoms with van der Waals surface area (Å²) in [5, 5.41) is 19.4. The van der Waals surface area contributed by atoms with Crippen LogP contribution in [0.15, 0.2) is 73.3 Å². The standard InChI is InChI=1S/C19H23NO2/c1-2-18(19(22)15-21)20(13-16-9-5-3-6-10-16)14-17-11-7-4-8-12-17/h2-12,18-19,21-22H,1,13-15H2/t18-,19+/m0/s1. The number of aliphatic hydroxyl groups excluding tert-OH is 2. The zero-order chi connectivity index (χ0) is 15.8. The quantitative estimate of drug-likeness (QED) is 0.736. The molecule has 3 heteroatoms. The van der Waals surface area contributed by atoms with E-state index >= 15 is 0 Å². The van der Waals surface area contributed by atoms with Gasteiger partial charge in [-0.25, -0.2) is 0 Å². The molecule has 0 heterocycles. The Morgan fingerprint density at radius 1 is 0.909 bits per heavy atom. The van der Waals surface area contributed by atoms with Crippen LogP contribution in [0.1, 0.15) is 11.1 Å². The van der Waals surface area contributed by atoms with Gasteiger partial charge in [0.2, 0.25) is 0 Å². The predicted octanol–water partition coefficient (Wildman–Crippen LogP) is 2.60. The van der Waals surface area contributed by atoms with E-state index in [1.807, 2.05) is 36.4 Å². The lowest BCUT2D eigenvalue weighted by molar-refractivity contribution is 0.0236. The lowest BCUT2D eigenvalue weighted by Crippen LogP contribution is -2.43. The van der Waals surface area contributed by atoms with E-state index in [-0.39, 0.29) is 12.6 Å². The van der Waals surface area contributed by atoms with E-state index in [4.69, 9.17) is 0 Å². The summed E-state index contributed by atoms with van der Waals surface area (Å²) in [6.45, 7) is 4.91. The van der Waals surface area contributed by atoms with Crippen LogP contribution in [0.4, 0.5) is 0 Å². The molecule has 2 atom stereocenters. The van der Waals surface area contributed by atoms with Crippen LogP contribution < -0.4 is 0 Å². The van der Waals surface area contributed by atoms with Gasteiger partial charge in [-0.15, -0.1) is 6.58 Å². The number of benzene rings is 2. The van der Waals surface area contributed by atoms with E-state index in [0.717, 1.165) is 11.1 Å². The summed E-state index contributed by atoms with van der Waals surface area (Å²) in [6.07, 6.45) is 0.858. The van der Waals surface area contributed by atoms with Crippen LogP contribution >= 0.6 is 0 Å². The molecule has 0 radical (unpaired) electrons. The molecule has 0 aliphatic carbocycles. The molecule has 0 unspecified atom stereocenters. The highest BCUT2D eigenvalue weighted by Gasteiger charge is 2.23. The summed E-state index contributed by atoms with van der Waals surface area (Å²) in [4.78, 5) is 2.12. The predicted molar refractivity (Wildman–Crippen MR) is 89.2 cm³/mol. The number of nitrogens with zero attached hydrogens (tertiary/aromatic N) is 1. The van der Waals surface area contributed by atoms with Gasteiger partial charge in [0.05, 0.1) is 18.8 Å². The van der Waals surface area contributed by atoms with Crippen LogP contribution in [0.3, 0.4) is 0 Å². The summed E-state index contributed by atoms with van der Waals surface area (Å²) >= 11 is 0. The van der Waals surface area contributed by atoms with Crippen LogP contribution in [0.25, 0.3) is 0 Å². The van der Waals surface area contributed by atoms with Crippen molar-refractivity contribution in [2.75, 3.05) is 6.61 Å². The van der Waals surface area contributed by atoms with Crippen molar-refractivity contribution in [3.05, 3.63) is 84.4 Å². The Balaban J connectivity index is 2.21. The van der Waals surface area contributed by atoms with Crippen LogP contribution in [-0.4, -0.2) is 33.9 Å². The molecule has 2 rings (SSSR count). The van der Waals surface area contributed by atoms with Gasteiger partial charge in [-0.05, 0) is 11.1 Å². The van der Waals surface area contributed by atoms with E-state index in [1.165, 1.54) is 0 Å². The molecule has 0 saturated carbocycles.